The van der Waals surface area contributed by atoms with Gasteiger partial charge >= 0.3 is 0 Å². The van der Waals surface area contributed by atoms with Crippen LogP contribution in [0.5, 0.6) is 0 Å². The molecule has 2 N–H and O–H groups in total. The van der Waals surface area contributed by atoms with E-state index in [0.717, 1.165) is 19.4 Å². The van der Waals surface area contributed by atoms with E-state index in [4.69, 9.17) is 4.52 Å². The van der Waals surface area contributed by atoms with Crippen LogP contribution in [0.1, 0.15) is 48.2 Å². The standard InChI is InChI=1S/C12H18N4O4S/c17-11(14-8-3-6-21(18,19)7-4-8)10-15-12(20-16-10)9-2-1-5-13-9/h8-9,13H,1-7H2,(H,14,17). The van der Waals surface area contributed by atoms with E-state index in [1.807, 2.05) is 0 Å². The van der Waals surface area contributed by atoms with Crippen molar-refractivity contribution in [1.82, 2.24) is 20.8 Å². The van der Waals surface area contributed by atoms with Gasteiger partial charge in [-0.3, -0.25) is 4.79 Å². The highest BCUT2D eigenvalue weighted by atomic mass is 32.2. The molecule has 1 unspecified atom stereocenters. The molecule has 0 bridgehead atoms. The zero-order valence-electron chi connectivity index (χ0n) is 11.5. The number of nitrogens with one attached hydrogen (secondary N) is 2. The molecule has 3 heterocycles. The average molecular weight is 314 g/mol. The molecule has 1 aromatic rings. The number of aromatic nitrogens is 2. The Hall–Kier alpha value is -1.48. The molecule has 21 heavy (non-hydrogen) atoms. The minimum absolute atomic E-state index is 0.00660. The van der Waals surface area contributed by atoms with Crippen LogP contribution < -0.4 is 10.6 Å². The summed E-state index contributed by atoms with van der Waals surface area (Å²) in [5.74, 6) is 0.256. The number of rotatable bonds is 3. The van der Waals surface area contributed by atoms with Gasteiger partial charge in [-0.25, -0.2) is 8.42 Å². The number of hydrogen-bond donors (Lipinski definition) is 2. The van der Waals surface area contributed by atoms with Gasteiger partial charge in [0.15, 0.2) is 0 Å². The van der Waals surface area contributed by atoms with Crippen molar-refractivity contribution in [3.8, 4) is 0 Å². The molecule has 2 aliphatic rings. The van der Waals surface area contributed by atoms with Gasteiger partial charge in [0.25, 0.3) is 11.7 Å². The zero-order valence-corrected chi connectivity index (χ0v) is 12.4. The predicted octanol–water partition coefficient (Wildman–Crippen LogP) is -0.199. The second-order valence-corrected chi connectivity index (χ2v) is 7.81. The van der Waals surface area contributed by atoms with Crippen LogP contribution in [0, 0.1) is 0 Å². The molecule has 2 fully saturated rings. The van der Waals surface area contributed by atoms with Crippen molar-refractivity contribution in [3.63, 3.8) is 0 Å². The van der Waals surface area contributed by atoms with Crippen LogP contribution >= 0.6 is 0 Å². The number of carbonyl (C=O) groups excluding carboxylic acids is 1. The average Bonchev–Trinajstić information content (AvgIpc) is 3.10. The minimum atomic E-state index is -2.93. The summed E-state index contributed by atoms with van der Waals surface area (Å²) >= 11 is 0. The molecule has 3 rings (SSSR count). The summed E-state index contributed by atoms with van der Waals surface area (Å²) in [5.41, 5.74) is 0. The Morgan fingerprint density at radius 2 is 2.05 bits per heavy atom. The third-order valence-corrected chi connectivity index (χ3v) is 5.61. The van der Waals surface area contributed by atoms with Crippen LogP contribution in [0.4, 0.5) is 0 Å². The van der Waals surface area contributed by atoms with Crippen molar-refractivity contribution in [2.24, 2.45) is 0 Å². The van der Waals surface area contributed by atoms with Gasteiger partial charge in [0.2, 0.25) is 5.89 Å². The highest BCUT2D eigenvalue weighted by molar-refractivity contribution is 7.91. The van der Waals surface area contributed by atoms with Crippen molar-refractivity contribution in [2.45, 2.75) is 37.8 Å². The fourth-order valence-corrected chi connectivity index (χ4v) is 4.14. The molecule has 2 aliphatic heterocycles. The predicted molar refractivity (Wildman–Crippen MR) is 73.4 cm³/mol. The SMILES string of the molecule is O=C(NC1CCS(=O)(=O)CC1)c1noc(C2CCCN2)n1. The van der Waals surface area contributed by atoms with Crippen molar-refractivity contribution in [3.05, 3.63) is 11.7 Å². The van der Waals surface area contributed by atoms with Crippen LogP contribution in [0.2, 0.25) is 0 Å². The summed E-state index contributed by atoms with van der Waals surface area (Å²) in [4.78, 5) is 16.2. The minimum Gasteiger partial charge on any atom is -0.346 e. The first-order valence-corrected chi connectivity index (χ1v) is 8.94. The smallest absolute Gasteiger partial charge is 0.292 e. The molecular weight excluding hydrogens is 296 g/mol. The molecule has 1 amide bonds. The van der Waals surface area contributed by atoms with Gasteiger partial charge in [-0.1, -0.05) is 5.16 Å². The summed E-state index contributed by atoms with van der Waals surface area (Å²) in [6.07, 6.45) is 2.83. The lowest BCUT2D eigenvalue weighted by atomic mass is 10.1. The van der Waals surface area contributed by atoms with Gasteiger partial charge in [0, 0.05) is 6.04 Å². The molecule has 0 aromatic carbocycles. The van der Waals surface area contributed by atoms with Gasteiger partial charge in [-0.2, -0.15) is 4.98 Å². The second-order valence-electron chi connectivity index (χ2n) is 5.50. The fraction of sp³-hybridized carbons (Fsp3) is 0.750. The Kier molecular flexibility index (Phi) is 3.94. The molecule has 0 saturated carbocycles. The first kappa shape index (κ1) is 14.5. The topological polar surface area (TPSA) is 114 Å². The van der Waals surface area contributed by atoms with E-state index in [1.54, 1.807) is 0 Å². The van der Waals surface area contributed by atoms with E-state index in [2.05, 4.69) is 20.8 Å². The number of nitrogens with zero attached hydrogens (tertiary/aromatic N) is 2. The van der Waals surface area contributed by atoms with Crippen molar-refractivity contribution < 1.29 is 17.7 Å². The number of hydrogen-bond acceptors (Lipinski definition) is 7. The van der Waals surface area contributed by atoms with E-state index in [0.29, 0.717) is 18.7 Å². The van der Waals surface area contributed by atoms with Crippen LogP contribution in [-0.2, 0) is 9.84 Å². The van der Waals surface area contributed by atoms with Crippen LogP contribution in [-0.4, -0.2) is 48.6 Å². The summed E-state index contributed by atoms with van der Waals surface area (Å²) in [5, 5.41) is 9.69. The second kappa shape index (κ2) is 5.72. The van der Waals surface area contributed by atoms with Crippen molar-refractivity contribution in [2.75, 3.05) is 18.1 Å². The maximum absolute atomic E-state index is 12.0. The Balaban J connectivity index is 1.58. The van der Waals surface area contributed by atoms with Gasteiger partial charge < -0.3 is 15.2 Å². The Labute approximate surface area is 122 Å². The maximum Gasteiger partial charge on any atom is 0.292 e. The molecule has 116 valence electrons. The molecule has 0 spiro atoms. The maximum atomic E-state index is 12.0. The van der Waals surface area contributed by atoms with Crippen LogP contribution in [0.15, 0.2) is 4.52 Å². The highest BCUT2D eigenvalue weighted by Gasteiger charge is 2.28. The third-order valence-electron chi connectivity index (χ3n) is 3.89. The molecule has 9 heteroatoms. The van der Waals surface area contributed by atoms with Crippen LogP contribution in [0.3, 0.4) is 0 Å². The summed E-state index contributed by atoms with van der Waals surface area (Å²) < 4.78 is 27.8. The van der Waals surface area contributed by atoms with Crippen molar-refractivity contribution in [1.29, 1.82) is 0 Å². The first-order valence-electron chi connectivity index (χ1n) is 7.12. The fourth-order valence-electron chi connectivity index (χ4n) is 2.65. The molecule has 1 aromatic heterocycles. The molecule has 0 radical (unpaired) electrons. The monoisotopic (exact) mass is 314 g/mol. The molecule has 1 atom stereocenters. The largest absolute Gasteiger partial charge is 0.346 e. The van der Waals surface area contributed by atoms with E-state index in [1.165, 1.54) is 0 Å². The lowest BCUT2D eigenvalue weighted by molar-refractivity contribution is 0.0920. The lowest BCUT2D eigenvalue weighted by Gasteiger charge is -2.22. The number of sulfone groups is 1. The highest BCUT2D eigenvalue weighted by Crippen LogP contribution is 2.21. The van der Waals surface area contributed by atoms with E-state index < -0.39 is 15.7 Å². The van der Waals surface area contributed by atoms with Gasteiger partial charge in [0.1, 0.15) is 9.84 Å². The molecule has 8 nitrogen and oxygen atoms in total. The molecule has 0 aliphatic carbocycles. The normalized spacial score (nSPS) is 25.8. The lowest BCUT2D eigenvalue weighted by Crippen LogP contribution is -2.41. The van der Waals surface area contributed by atoms with Crippen LogP contribution in [0.25, 0.3) is 0 Å². The van der Waals surface area contributed by atoms with Gasteiger partial charge in [-0.15, -0.1) is 0 Å². The molecular formula is C12H18N4O4S. The van der Waals surface area contributed by atoms with Gasteiger partial charge in [-0.05, 0) is 32.2 Å². The summed E-state index contributed by atoms with van der Waals surface area (Å²) in [6.45, 7) is 0.908. The number of carbonyl (C=O) groups is 1. The van der Waals surface area contributed by atoms with E-state index in [-0.39, 0.29) is 29.4 Å². The summed E-state index contributed by atoms with van der Waals surface area (Å²) in [6, 6.07) is -0.119. The van der Waals surface area contributed by atoms with E-state index >= 15 is 0 Å². The van der Waals surface area contributed by atoms with E-state index in [9.17, 15) is 13.2 Å². The Morgan fingerprint density at radius 3 is 2.71 bits per heavy atom. The molecule has 2 saturated heterocycles. The Morgan fingerprint density at radius 1 is 1.29 bits per heavy atom. The first-order chi connectivity index (χ1) is 10.0. The zero-order chi connectivity index (χ0) is 14.9. The summed E-state index contributed by atoms with van der Waals surface area (Å²) in [7, 11) is -2.93. The quantitative estimate of drug-likeness (QED) is 0.794. The Bertz CT molecular complexity index is 607. The van der Waals surface area contributed by atoms with Crippen molar-refractivity contribution >= 4 is 15.7 Å². The number of amides is 1. The third kappa shape index (κ3) is 3.41. The van der Waals surface area contributed by atoms with Gasteiger partial charge in [0.05, 0.1) is 17.5 Å².